The maximum absolute atomic E-state index is 12.5. The molecule has 0 fully saturated rings. The maximum Gasteiger partial charge on any atom is 0.252 e. The predicted molar refractivity (Wildman–Crippen MR) is 146 cm³/mol. The molecule has 0 aliphatic carbocycles. The van der Waals surface area contributed by atoms with Crippen LogP contribution in [0.5, 0.6) is 5.75 Å². The van der Waals surface area contributed by atoms with Gasteiger partial charge in [0.1, 0.15) is 12.3 Å². The van der Waals surface area contributed by atoms with E-state index >= 15 is 0 Å². The van der Waals surface area contributed by atoms with Crippen LogP contribution in [-0.2, 0) is 13.1 Å². The molecule has 0 saturated carbocycles. The van der Waals surface area contributed by atoms with Crippen LogP contribution in [0.25, 0.3) is 0 Å². The second kappa shape index (κ2) is 18.0. The Morgan fingerprint density at radius 2 is 1.40 bits per heavy atom. The van der Waals surface area contributed by atoms with Crippen molar-refractivity contribution >= 4 is 5.91 Å². The average Bonchev–Trinajstić information content (AvgIpc) is 2.87. The minimum absolute atomic E-state index is 0.0413. The maximum atomic E-state index is 12.5. The quantitative estimate of drug-likeness (QED) is 0.165. The highest BCUT2D eigenvalue weighted by atomic mass is 16.5. The van der Waals surface area contributed by atoms with Gasteiger partial charge in [-0.3, -0.25) is 4.79 Å². The molecule has 2 rings (SSSR count). The van der Waals surface area contributed by atoms with E-state index in [9.17, 15) is 4.79 Å². The molecule has 4 nitrogen and oxygen atoms in total. The third-order valence-electron chi connectivity index (χ3n) is 6.66. The summed E-state index contributed by atoms with van der Waals surface area (Å²) in [5, 5.41) is 3.03. The van der Waals surface area contributed by atoms with Crippen LogP contribution in [0.15, 0.2) is 42.7 Å². The van der Waals surface area contributed by atoms with E-state index in [1.54, 1.807) is 0 Å². The standard InChI is InChI=1S/C31H48N2O2/c1-4-6-7-8-9-10-11-12-13-14-15-16-24-35-30-18-17-29(27(3)25-30)26-32-31(34)28-19-22-33(21-5-2)23-20-28/h17-20,22-23,25H,4-16,21,24,26H2,1-3H3/p+1. The first-order chi connectivity index (χ1) is 17.1. The molecule has 0 saturated heterocycles. The molecule has 1 N–H and O–H groups in total. The Bertz CT molecular complexity index is 832. The van der Waals surface area contributed by atoms with E-state index < -0.39 is 0 Å². The number of hydrogen-bond acceptors (Lipinski definition) is 2. The summed E-state index contributed by atoms with van der Waals surface area (Å²) in [6.45, 7) is 8.77. The van der Waals surface area contributed by atoms with Gasteiger partial charge in [0.25, 0.3) is 5.91 Å². The largest absolute Gasteiger partial charge is 0.494 e. The van der Waals surface area contributed by atoms with Crippen LogP contribution in [-0.4, -0.2) is 12.5 Å². The fourth-order valence-electron chi connectivity index (χ4n) is 4.38. The van der Waals surface area contributed by atoms with Crippen LogP contribution in [0.3, 0.4) is 0 Å². The van der Waals surface area contributed by atoms with Crippen molar-refractivity contribution in [3.8, 4) is 5.75 Å². The lowest BCUT2D eigenvalue weighted by molar-refractivity contribution is -0.697. The Balaban J connectivity index is 1.56. The number of hydrogen-bond donors (Lipinski definition) is 1. The number of aryl methyl sites for hydroxylation is 2. The summed E-state index contributed by atoms with van der Waals surface area (Å²) in [7, 11) is 0. The smallest absolute Gasteiger partial charge is 0.252 e. The average molecular weight is 482 g/mol. The van der Waals surface area contributed by atoms with Crippen molar-refractivity contribution in [2.24, 2.45) is 0 Å². The number of carbonyl (C=O) groups excluding carboxylic acids is 1. The minimum atomic E-state index is -0.0413. The number of pyridine rings is 1. The monoisotopic (exact) mass is 481 g/mol. The van der Waals surface area contributed by atoms with E-state index in [1.807, 2.05) is 30.6 Å². The topological polar surface area (TPSA) is 42.2 Å². The van der Waals surface area contributed by atoms with Gasteiger partial charge in [-0.1, -0.05) is 90.5 Å². The summed E-state index contributed by atoms with van der Waals surface area (Å²) < 4.78 is 8.06. The first-order valence-electron chi connectivity index (χ1n) is 14.1. The van der Waals surface area contributed by atoms with Crippen molar-refractivity contribution in [1.82, 2.24) is 5.32 Å². The lowest BCUT2D eigenvalue weighted by atomic mass is 10.1. The third-order valence-corrected chi connectivity index (χ3v) is 6.66. The molecule has 1 aromatic carbocycles. The van der Waals surface area contributed by atoms with Crippen LogP contribution in [0.4, 0.5) is 0 Å². The summed E-state index contributed by atoms with van der Waals surface area (Å²) in [6, 6.07) is 9.92. The highest BCUT2D eigenvalue weighted by molar-refractivity contribution is 5.93. The fourth-order valence-corrected chi connectivity index (χ4v) is 4.38. The molecule has 1 heterocycles. The Labute approximate surface area is 214 Å². The van der Waals surface area contributed by atoms with Crippen LogP contribution < -0.4 is 14.6 Å². The van der Waals surface area contributed by atoms with Crippen LogP contribution in [0, 0.1) is 6.92 Å². The van der Waals surface area contributed by atoms with Crippen LogP contribution in [0.1, 0.15) is 119 Å². The molecule has 1 amide bonds. The van der Waals surface area contributed by atoms with Crippen molar-refractivity contribution in [2.75, 3.05) is 6.61 Å². The minimum Gasteiger partial charge on any atom is -0.494 e. The van der Waals surface area contributed by atoms with Gasteiger partial charge in [0.05, 0.1) is 12.2 Å². The zero-order chi connectivity index (χ0) is 25.1. The summed E-state index contributed by atoms with van der Waals surface area (Å²) in [5.41, 5.74) is 2.96. The molecule has 0 aliphatic rings. The summed E-state index contributed by atoms with van der Waals surface area (Å²) >= 11 is 0. The van der Waals surface area contributed by atoms with Crippen molar-refractivity contribution in [3.63, 3.8) is 0 Å². The highest BCUT2D eigenvalue weighted by Gasteiger charge is 2.09. The van der Waals surface area contributed by atoms with Gasteiger partial charge in [-0.25, -0.2) is 4.57 Å². The first kappa shape index (κ1) is 28.9. The van der Waals surface area contributed by atoms with E-state index in [1.165, 1.54) is 70.6 Å². The number of ether oxygens (including phenoxy) is 1. The number of aromatic nitrogens is 1. The fraction of sp³-hybridized carbons (Fsp3) is 0.613. The van der Waals surface area contributed by atoms with E-state index in [-0.39, 0.29) is 5.91 Å². The second-order valence-electron chi connectivity index (χ2n) is 9.83. The second-order valence-corrected chi connectivity index (χ2v) is 9.83. The SMILES string of the molecule is CCCCCCCCCCCCCCOc1ccc(CNC(=O)c2cc[n+](CCC)cc2)c(C)c1. The Hall–Kier alpha value is -2.36. The molecule has 194 valence electrons. The normalized spacial score (nSPS) is 10.9. The van der Waals surface area contributed by atoms with Crippen LogP contribution in [0.2, 0.25) is 0 Å². The van der Waals surface area contributed by atoms with E-state index in [0.29, 0.717) is 12.1 Å². The molecule has 0 spiro atoms. The highest BCUT2D eigenvalue weighted by Crippen LogP contribution is 2.18. The number of rotatable bonds is 19. The van der Waals surface area contributed by atoms with Gasteiger partial charge in [0.2, 0.25) is 0 Å². The molecule has 2 aromatic rings. The number of benzene rings is 1. The molecule has 0 bridgehead atoms. The summed E-state index contributed by atoms with van der Waals surface area (Å²) in [6.07, 6.45) is 21.2. The van der Waals surface area contributed by atoms with Crippen molar-refractivity contribution in [1.29, 1.82) is 0 Å². The third kappa shape index (κ3) is 12.2. The number of nitrogens with zero attached hydrogens (tertiary/aromatic N) is 1. The molecule has 0 radical (unpaired) electrons. The first-order valence-corrected chi connectivity index (χ1v) is 14.1. The number of nitrogens with one attached hydrogen (secondary N) is 1. The van der Waals surface area contributed by atoms with Gasteiger partial charge in [-0.2, -0.15) is 0 Å². The van der Waals surface area contributed by atoms with Crippen molar-refractivity contribution in [2.45, 2.75) is 117 Å². The number of carbonyl (C=O) groups is 1. The Kier molecular flexibility index (Phi) is 14.8. The van der Waals surface area contributed by atoms with Gasteiger partial charge >= 0.3 is 0 Å². The van der Waals surface area contributed by atoms with Gasteiger partial charge in [-0.15, -0.1) is 0 Å². The van der Waals surface area contributed by atoms with Crippen molar-refractivity contribution < 1.29 is 14.1 Å². The molecular formula is C31H49N2O2+. The molecule has 0 aliphatic heterocycles. The summed E-state index contributed by atoms with van der Waals surface area (Å²) in [4.78, 5) is 12.5. The molecule has 35 heavy (non-hydrogen) atoms. The molecular weight excluding hydrogens is 432 g/mol. The number of unbranched alkanes of at least 4 members (excludes halogenated alkanes) is 11. The predicted octanol–water partition coefficient (Wildman–Crippen LogP) is 7.70. The molecule has 0 atom stereocenters. The zero-order valence-electron chi connectivity index (χ0n) is 22.6. The number of amides is 1. The van der Waals surface area contributed by atoms with Gasteiger partial charge < -0.3 is 10.1 Å². The molecule has 1 aromatic heterocycles. The zero-order valence-corrected chi connectivity index (χ0v) is 22.6. The summed E-state index contributed by atoms with van der Waals surface area (Å²) in [5.74, 6) is 0.879. The molecule has 4 heteroatoms. The van der Waals surface area contributed by atoms with E-state index in [2.05, 4.69) is 42.8 Å². The van der Waals surface area contributed by atoms with E-state index in [4.69, 9.17) is 4.74 Å². The molecule has 0 unspecified atom stereocenters. The lowest BCUT2D eigenvalue weighted by Crippen LogP contribution is -2.33. The van der Waals surface area contributed by atoms with Gasteiger partial charge in [-0.05, 0) is 36.6 Å². The van der Waals surface area contributed by atoms with Gasteiger partial charge in [0, 0.05) is 25.1 Å². The Morgan fingerprint density at radius 1 is 0.800 bits per heavy atom. The van der Waals surface area contributed by atoms with Crippen LogP contribution >= 0.6 is 0 Å². The van der Waals surface area contributed by atoms with E-state index in [0.717, 1.165) is 42.9 Å². The van der Waals surface area contributed by atoms with Crippen molar-refractivity contribution in [3.05, 3.63) is 59.4 Å². The Morgan fingerprint density at radius 3 is 1.97 bits per heavy atom. The van der Waals surface area contributed by atoms with Gasteiger partial charge in [0.15, 0.2) is 12.4 Å². The lowest BCUT2D eigenvalue weighted by Gasteiger charge is -2.11.